The second kappa shape index (κ2) is 6.07. The Hall–Kier alpha value is -2.01. The molecule has 2 N–H and O–H groups in total. The molecule has 96 valence electrons. The number of rotatable bonds is 6. The Kier molecular flexibility index (Phi) is 4.20. The van der Waals surface area contributed by atoms with Gasteiger partial charge in [-0.05, 0) is 25.1 Å². The highest BCUT2D eigenvalue weighted by Crippen LogP contribution is 2.01. The largest absolute Gasteiger partial charge is 0.472 e. The predicted molar refractivity (Wildman–Crippen MR) is 65.6 cm³/mol. The highest BCUT2D eigenvalue weighted by molar-refractivity contribution is 5.81. The van der Waals surface area contributed by atoms with Gasteiger partial charge in [0.2, 0.25) is 5.91 Å². The molecule has 1 unspecified atom stereocenters. The summed E-state index contributed by atoms with van der Waals surface area (Å²) in [4.78, 5) is 11.8. The summed E-state index contributed by atoms with van der Waals surface area (Å²) in [6, 6.07) is 5.21. The quantitative estimate of drug-likeness (QED) is 0.816. The van der Waals surface area contributed by atoms with Gasteiger partial charge in [0.1, 0.15) is 5.76 Å². The Balaban J connectivity index is 1.71. The molecule has 0 aliphatic carbocycles. The molecule has 0 saturated heterocycles. The van der Waals surface area contributed by atoms with Crippen molar-refractivity contribution in [2.75, 3.05) is 0 Å². The predicted octanol–water partition coefficient (Wildman–Crippen LogP) is 1.67. The van der Waals surface area contributed by atoms with Gasteiger partial charge in [-0.2, -0.15) is 0 Å². The Bertz CT molecular complexity index is 462. The molecular weight excluding hydrogens is 232 g/mol. The molecule has 0 aliphatic heterocycles. The summed E-state index contributed by atoms with van der Waals surface area (Å²) in [7, 11) is 0. The molecule has 0 saturated carbocycles. The summed E-state index contributed by atoms with van der Waals surface area (Å²) in [5, 5.41) is 5.91. The van der Waals surface area contributed by atoms with Crippen molar-refractivity contribution in [3.8, 4) is 0 Å². The van der Waals surface area contributed by atoms with E-state index >= 15 is 0 Å². The van der Waals surface area contributed by atoms with Crippen LogP contribution in [-0.4, -0.2) is 11.9 Å². The van der Waals surface area contributed by atoms with E-state index in [1.54, 1.807) is 24.9 Å². The van der Waals surface area contributed by atoms with Crippen LogP contribution < -0.4 is 10.6 Å². The van der Waals surface area contributed by atoms with Crippen molar-refractivity contribution >= 4 is 5.91 Å². The second-order valence-electron chi connectivity index (χ2n) is 4.03. The zero-order valence-electron chi connectivity index (χ0n) is 10.2. The summed E-state index contributed by atoms with van der Waals surface area (Å²) in [5.74, 6) is 0.681. The van der Waals surface area contributed by atoms with Crippen LogP contribution in [0, 0.1) is 0 Å². The van der Waals surface area contributed by atoms with Crippen LogP contribution in [0.4, 0.5) is 0 Å². The number of carbonyl (C=O) groups is 1. The molecule has 0 aliphatic rings. The lowest BCUT2D eigenvalue weighted by atomic mass is 10.2. The first-order chi connectivity index (χ1) is 8.75. The average molecular weight is 248 g/mol. The zero-order valence-corrected chi connectivity index (χ0v) is 10.2. The molecule has 2 aromatic rings. The molecule has 0 fully saturated rings. The first-order valence-corrected chi connectivity index (χ1v) is 5.80. The molecule has 0 aromatic carbocycles. The van der Waals surface area contributed by atoms with E-state index < -0.39 is 0 Å². The van der Waals surface area contributed by atoms with Gasteiger partial charge in [-0.1, -0.05) is 0 Å². The number of hydrogen-bond donors (Lipinski definition) is 2. The SMILES string of the molecule is CC(NCc1ccoc1)C(=O)NCc1ccco1. The number of amides is 1. The Morgan fingerprint density at radius 2 is 2.22 bits per heavy atom. The summed E-state index contributed by atoms with van der Waals surface area (Å²) in [6.45, 7) is 2.83. The van der Waals surface area contributed by atoms with Gasteiger partial charge in [-0.15, -0.1) is 0 Å². The van der Waals surface area contributed by atoms with Crippen LogP contribution in [0.15, 0.2) is 45.8 Å². The third-order valence-corrected chi connectivity index (χ3v) is 2.60. The van der Waals surface area contributed by atoms with E-state index in [0.717, 1.165) is 11.3 Å². The monoisotopic (exact) mass is 248 g/mol. The molecule has 0 spiro atoms. The van der Waals surface area contributed by atoms with Crippen molar-refractivity contribution in [3.05, 3.63) is 48.3 Å². The van der Waals surface area contributed by atoms with Gasteiger partial charge in [0, 0.05) is 12.1 Å². The zero-order chi connectivity index (χ0) is 12.8. The van der Waals surface area contributed by atoms with Gasteiger partial charge in [-0.25, -0.2) is 0 Å². The Labute approximate surface area is 105 Å². The Morgan fingerprint density at radius 3 is 2.89 bits per heavy atom. The van der Waals surface area contributed by atoms with Gasteiger partial charge in [0.25, 0.3) is 0 Å². The molecule has 5 nitrogen and oxygen atoms in total. The van der Waals surface area contributed by atoms with Crippen LogP contribution in [0.5, 0.6) is 0 Å². The molecule has 2 rings (SSSR count). The maximum Gasteiger partial charge on any atom is 0.237 e. The van der Waals surface area contributed by atoms with E-state index in [1.807, 2.05) is 19.1 Å². The number of furan rings is 2. The Morgan fingerprint density at radius 1 is 1.33 bits per heavy atom. The van der Waals surface area contributed by atoms with E-state index in [9.17, 15) is 4.79 Å². The van der Waals surface area contributed by atoms with Crippen molar-refractivity contribution < 1.29 is 13.6 Å². The van der Waals surface area contributed by atoms with Crippen molar-refractivity contribution in [2.45, 2.75) is 26.1 Å². The van der Waals surface area contributed by atoms with Crippen molar-refractivity contribution in [1.29, 1.82) is 0 Å². The highest BCUT2D eigenvalue weighted by atomic mass is 16.3. The molecule has 0 bridgehead atoms. The molecule has 2 aromatic heterocycles. The first-order valence-electron chi connectivity index (χ1n) is 5.80. The molecular formula is C13H16N2O3. The van der Waals surface area contributed by atoms with Crippen molar-refractivity contribution in [3.63, 3.8) is 0 Å². The van der Waals surface area contributed by atoms with Crippen LogP contribution in [0.1, 0.15) is 18.2 Å². The number of hydrogen-bond acceptors (Lipinski definition) is 4. The van der Waals surface area contributed by atoms with Crippen molar-refractivity contribution in [2.24, 2.45) is 0 Å². The van der Waals surface area contributed by atoms with Crippen LogP contribution in [0.25, 0.3) is 0 Å². The average Bonchev–Trinajstić information content (AvgIpc) is 3.05. The molecule has 5 heteroatoms. The van der Waals surface area contributed by atoms with Crippen LogP contribution >= 0.6 is 0 Å². The molecule has 1 atom stereocenters. The van der Waals surface area contributed by atoms with E-state index in [0.29, 0.717) is 13.1 Å². The third kappa shape index (κ3) is 3.49. The second-order valence-corrected chi connectivity index (χ2v) is 4.03. The van der Waals surface area contributed by atoms with Crippen LogP contribution in [0.2, 0.25) is 0 Å². The van der Waals surface area contributed by atoms with Crippen LogP contribution in [0.3, 0.4) is 0 Å². The highest BCUT2D eigenvalue weighted by Gasteiger charge is 2.12. The lowest BCUT2D eigenvalue weighted by Gasteiger charge is -2.12. The van der Waals surface area contributed by atoms with Gasteiger partial charge in [-0.3, -0.25) is 4.79 Å². The summed E-state index contributed by atoms with van der Waals surface area (Å²) in [5.41, 5.74) is 1.01. The fourth-order valence-electron chi connectivity index (χ4n) is 1.50. The minimum absolute atomic E-state index is 0.0603. The van der Waals surface area contributed by atoms with Crippen molar-refractivity contribution in [1.82, 2.24) is 10.6 Å². The third-order valence-electron chi connectivity index (χ3n) is 2.60. The minimum atomic E-state index is -0.269. The van der Waals surface area contributed by atoms with E-state index in [4.69, 9.17) is 8.83 Å². The maximum atomic E-state index is 11.8. The molecule has 1 amide bonds. The summed E-state index contributed by atoms with van der Waals surface area (Å²) < 4.78 is 10.1. The summed E-state index contributed by atoms with van der Waals surface area (Å²) >= 11 is 0. The van der Waals surface area contributed by atoms with Gasteiger partial charge in [0.15, 0.2) is 0 Å². The smallest absolute Gasteiger partial charge is 0.237 e. The van der Waals surface area contributed by atoms with Gasteiger partial charge >= 0.3 is 0 Å². The molecule has 0 radical (unpaired) electrons. The minimum Gasteiger partial charge on any atom is -0.472 e. The molecule has 18 heavy (non-hydrogen) atoms. The standard InChI is InChI=1S/C13H16N2O3/c1-10(14-7-11-4-6-17-9-11)13(16)15-8-12-3-2-5-18-12/h2-6,9-10,14H,7-8H2,1H3,(H,15,16). The van der Waals surface area contributed by atoms with Gasteiger partial charge < -0.3 is 19.5 Å². The fourth-order valence-corrected chi connectivity index (χ4v) is 1.50. The van der Waals surface area contributed by atoms with E-state index in [2.05, 4.69) is 10.6 Å². The number of nitrogens with one attached hydrogen (secondary N) is 2. The topological polar surface area (TPSA) is 67.4 Å². The van der Waals surface area contributed by atoms with Gasteiger partial charge in [0.05, 0.1) is 31.4 Å². The maximum absolute atomic E-state index is 11.8. The normalized spacial score (nSPS) is 12.3. The number of carbonyl (C=O) groups excluding carboxylic acids is 1. The fraction of sp³-hybridized carbons (Fsp3) is 0.308. The first kappa shape index (κ1) is 12.4. The summed E-state index contributed by atoms with van der Waals surface area (Å²) in [6.07, 6.45) is 4.85. The van der Waals surface area contributed by atoms with E-state index in [-0.39, 0.29) is 11.9 Å². The lowest BCUT2D eigenvalue weighted by Crippen LogP contribution is -2.41. The van der Waals surface area contributed by atoms with Crippen LogP contribution in [-0.2, 0) is 17.9 Å². The lowest BCUT2D eigenvalue weighted by molar-refractivity contribution is -0.123. The van der Waals surface area contributed by atoms with E-state index in [1.165, 1.54) is 0 Å². The molecule has 2 heterocycles.